The fourth-order valence-electron chi connectivity index (χ4n) is 1.62. The highest BCUT2D eigenvalue weighted by molar-refractivity contribution is 9.10. The summed E-state index contributed by atoms with van der Waals surface area (Å²) in [6.45, 7) is 3.99. The van der Waals surface area contributed by atoms with Crippen LogP contribution in [0.5, 0.6) is 5.75 Å². The standard InChI is InChI=1S/C14H15BrFNO2/c1-2-17-8-14-10(5-6-18-14)9-19-11-3-4-13(16)12(15)7-11/h3-7,17H,2,8-9H2,1H3. The van der Waals surface area contributed by atoms with Crippen LogP contribution in [0.1, 0.15) is 18.2 Å². The van der Waals surface area contributed by atoms with E-state index < -0.39 is 0 Å². The lowest BCUT2D eigenvalue weighted by molar-refractivity contribution is 0.300. The molecule has 5 heteroatoms. The van der Waals surface area contributed by atoms with Crippen LogP contribution in [0.15, 0.2) is 39.4 Å². The van der Waals surface area contributed by atoms with Crippen molar-refractivity contribution in [1.82, 2.24) is 5.32 Å². The molecule has 1 heterocycles. The van der Waals surface area contributed by atoms with Crippen molar-refractivity contribution < 1.29 is 13.5 Å². The highest BCUT2D eigenvalue weighted by atomic mass is 79.9. The normalized spacial score (nSPS) is 10.7. The first-order valence-electron chi connectivity index (χ1n) is 6.04. The summed E-state index contributed by atoms with van der Waals surface area (Å²) in [5, 5.41) is 3.20. The van der Waals surface area contributed by atoms with Gasteiger partial charge in [-0.15, -0.1) is 0 Å². The molecule has 0 fully saturated rings. The molecule has 1 N–H and O–H groups in total. The number of hydrogen-bond donors (Lipinski definition) is 1. The maximum atomic E-state index is 13.1. The number of furan rings is 1. The Morgan fingerprint density at radius 2 is 2.21 bits per heavy atom. The summed E-state index contributed by atoms with van der Waals surface area (Å²) >= 11 is 3.13. The Labute approximate surface area is 119 Å². The summed E-state index contributed by atoms with van der Waals surface area (Å²) in [6, 6.07) is 6.46. The van der Waals surface area contributed by atoms with Crippen molar-refractivity contribution in [2.45, 2.75) is 20.1 Å². The molecule has 0 atom stereocenters. The summed E-state index contributed by atoms with van der Waals surface area (Å²) in [6.07, 6.45) is 1.64. The van der Waals surface area contributed by atoms with Crippen molar-refractivity contribution >= 4 is 15.9 Å². The van der Waals surface area contributed by atoms with Gasteiger partial charge in [0.1, 0.15) is 23.9 Å². The predicted molar refractivity (Wildman–Crippen MR) is 74.5 cm³/mol. The molecule has 1 aromatic heterocycles. The molecule has 0 saturated carbocycles. The summed E-state index contributed by atoms with van der Waals surface area (Å²) < 4.78 is 24.5. The van der Waals surface area contributed by atoms with E-state index in [1.807, 2.05) is 13.0 Å². The van der Waals surface area contributed by atoms with Gasteiger partial charge in [0.2, 0.25) is 0 Å². The zero-order chi connectivity index (χ0) is 13.7. The van der Waals surface area contributed by atoms with Crippen LogP contribution in [0.3, 0.4) is 0 Å². The van der Waals surface area contributed by atoms with Gasteiger partial charge in [-0.3, -0.25) is 0 Å². The van der Waals surface area contributed by atoms with Gasteiger partial charge in [-0.05, 0) is 46.7 Å². The molecule has 3 nitrogen and oxygen atoms in total. The van der Waals surface area contributed by atoms with E-state index in [-0.39, 0.29) is 5.82 Å². The first kappa shape index (κ1) is 14.1. The molecule has 19 heavy (non-hydrogen) atoms. The van der Waals surface area contributed by atoms with Gasteiger partial charge in [-0.1, -0.05) is 6.92 Å². The number of halogens is 2. The number of ether oxygens (including phenoxy) is 1. The van der Waals surface area contributed by atoms with Gasteiger partial charge in [0.25, 0.3) is 0 Å². The van der Waals surface area contributed by atoms with E-state index in [0.29, 0.717) is 23.4 Å². The monoisotopic (exact) mass is 327 g/mol. The first-order valence-corrected chi connectivity index (χ1v) is 6.83. The molecule has 1 aromatic carbocycles. The molecular weight excluding hydrogens is 313 g/mol. The third-order valence-corrected chi connectivity index (χ3v) is 3.27. The predicted octanol–water partition coefficient (Wildman–Crippen LogP) is 3.87. The zero-order valence-electron chi connectivity index (χ0n) is 10.6. The first-order chi connectivity index (χ1) is 9.20. The molecule has 0 amide bonds. The Morgan fingerprint density at radius 3 is 2.95 bits per heavy atom. The zero-order valence-corrected chi connectivity index (χ0v) is 12.2. The van der Waals surface area contributed by atoms with Gasteiger partial charge in [0.15, 0.2) is 0 Å². The highest BCUT2D eigenvalue weighted by Gasteiger charge is 2.07. The molecule has 0 bridgehead atoms. The van der Waals surface area contributed by atoms with Crippen LogP contribution in [0.4, 0.5) is 4.39 Å². The highest BCUT2D eigenvalue weighted by Crippen LogP contribution is 2.23. The maximum Gasteiger partial charge on any atom is 0.137 e. The van der Waals surface area contributed by atoms with Crippen LogP contribution in [0.2, 0.25) is 0 Å². The van der Waals surface area contributed by atoms with Crippen molar-refractivity contribution in [2.24, 2.45) is 0 Å². The van der Waals surface area contributed by atoms with Crippen LogP contribution in [-0.2, 0) is 13.2 Å². The van der Waals surface area contributed by atoms with Gasteiger partial charge in [0.05, 0.1) is 17.3 Å². The minimum Gasteiger partial charge on any atom is -0.489 e. The number of rotatable bonds is 6. The third-order valence-electron chi connectivity index (χ3n) is 2.66. The van der Waals surface area contributed by atoms with Gasteiger partial charge in [-0.25, -0.2) is 4.39 Å². The second-order valence-corrected chi connectivity index (χ2v) is 4.87. The molecule has 0 saturated heterocycles. The lowest BCUT2D eigenvalue weighted by Gasteiger charge is -2.07. The van der Waals surface area contributed by atoms with Crippen molar-refractivity contribution in [3.63, 3.8) is 0 Å². The Morgan fingerprint density at radius 1 is 1.37 bits per heavy atom. The van der Waals surface area contributed by atoms with E-state index in [1.165, 1.54) is 6.07 Å². The van der Waals surface area contributed by atoms with E-state index >= 15 is 0 Å². The van der Waals surface area contributed by atoms with E-state index in [9.17, 15) is 4.39 Å². The molecule has 102 valence electrons. The minimum atomic E-state index is -0.302. The lowest BCUT2D eigenvalue weighted by Crippen LogP contribution is -2.12. The smallest absolute Gasteiger partial charge is 0.137 e. The summed E-state index contributed by atoms with van der Waals surface area (Å²) in [4.78, 5) is 0. The molecule has 0 aliphatic rings. The van der Waals surface area contributed by atoms with Gasteiger partial charge in [-0.2, -0.15) is 0 Å². The van der Waals surface area contributed by atoms with Crippen LogP contribution in [0.25, 0.3) is 0 Å². The summed E-state index contributed by atoms with van der Waals surface area (Å²) in [7, 11) is 0. The largest absolute Gasteiger partial charge is 0.489 e. The average Bonchev–Trinajstić information content (AvgIpc) is 2.85. The summed E-state index contributed by atoms with van der Waals surface area (Å²) in [5.41, 5.74) is 0.987. The Balaban J connectivity index is 1.98. The molecule has 0 aliphatic heterocycles. The topological polar surface area (TPSA) is 34.4 Å². The van der Waals surface area contributed by atoms with Crippen LogP contribution in [-0.4, -0.2) is 6.54 Å². The van der Waals surface area contributed by atoms with E-state index in [0.717, 1.165) is 17.9 Å². The minimum absolute atomic E-state index is 0.302. The van der Waals surface area contributed by atoms with Gasteiger partial charge >= 0.3 is 0 Å². The maximum absolute atomic E-state index is 13.1. The second-order valence-electron chi connectivity index (χ2n) is 4.01. The van der Waals surface area contributed by atoms with E-state index in [1.54, 1.807) is 18.4 Å². The molecule has 2 aromatic rings. The molecule has 0 aliphatic carbocycles. The fourth-order valence-corrected chi connectivity index (χ4v) is 1.97. The second kappa shape index (κ2) is 6.73. The molecule has 2 rings (SSSR count). The van der Waals surface area contributed by atoms with Crippen molar-refractivity contribution in [2.75, 3.05) is 6.54 Å². The Hall–Kier alpha value is -1.33. The number of benzene rings is 1. The van der Waals surface area contributed by atoms with Gasteiger partial charge < -0.3 is 14.5 Å². The lowest BCUT2D eigenvalue weighted by atomic mass is 10.2. The summed E-state index contributed by atoms with van der Waals surface area (Å²) in [5.74, 6) is 1.18. The Kier molecular flexibility index (Phi) is 4.99. The number of nitrogens with one attached hydrogen (secondary N) is 1. The van der Waals surface area contributed by atoms with Crippen LogP contribution in [0, 0.1) is 5.82 Å². The Bertz CT molecular complexity index is 542. The van der Waals surface area contributed by atoms with Crippen molar-refractivity contribution in [3.8, 4) is 5.75 Å². The molecule has 0 radical (unpaired) electrons. The number of hydrogen-bond acceptors (Lipinski definition) is 3. The van der Waals surface area contributed by atoms with E-state index in [2.05, 4.69) is 21.2 Å². The van der Waals surface area contributed by atoms with Crippen molar-refractivity contribution in [1.29, 1.82) is 0 Å². The molecule has 0 unspecified atom stereocenters. The van der Waals surface area contributed by atoms with E-state index in [4.69, 9.17) is 9.15 Å². The SMILES string of the molecule is CCNCc1occc1COc1ccc(F)c(Br)c1. The fraction of sp³-hybridized carbons (Fsp3) is 0.286. The van der Waals surface area contributed by atoms with Crippen LogP contribution >= 0.6 is 15.9 Å². The molecule has 0 spiro atoms. The quantitative estimate of drug-likeness (QED) is 0.874. The van der Waals surface area contributed by atoms with Crippen LogP contribution < -0.4 is 10.1 Å². The average molecular weight is 328 g/mol. The third kappa shape index (κ3) is 3.81. The van der Waals surface area contributed by atoms with Gasteiger partial charge in [0, 0.05) is 5.56 Å². The molecular formula is C14H15BrFNO2. The van der Waals surface area contributed by atoms with Crippen molar-refractivity contribution in [3.05, 3.63) is 52.1 Å².